The van der Waals surface area contributed by atoms with E-state index in [9.17, 15) is 0 Å². The van der Waals surface area contributed by atoms with Gasteiger partial charge in [-0.15, -0.1) is 0 Å². The van der Waals surface area contributed by atoms with Crippen molar-refractivity contribution in [3.05, 3.63) is 35.6 Å². The van der Waals surface area contributed by atoms with Crippen molar-refractivity contribution in [3.8, 4) is 5.88 Å². The zero-order chi connectivity index (χ0) is 14.2. The van der Waals surface area contributed by atoms with Crippen molar-refractivity contribution in [1.82, 2.24) is 15.1 Å². The van der Waals surface area contributed by atoms with Gasteiger partial charge in [0, 0.05) is 18.7 Å². The SMILES string of the molecule is COc1ccc(Cc2noc(C(C)(N)C3CC3)n2)cn1. The summed E-state index contributed by atoms with van der Waals surface area (Å²) in [4.78, 5) is 8.57. The molecular weight excluding hydrogens is 256 g/mol. The van der Waals surface area contributed by atoms with Crippen LogP contribution < -0.4 is 10.5 Å². The molecule has 0 radical (unpaired) electrons. The van der Waals surface area contributed by atoms with Crippen LogP contribution in [0.5, 0.6) is 5.88 Å². The van der Waals surface area contributed by atoms with Crippen molar-refractivity contribution in [3.63, 3.8) is 0 Å². The van der Waals surface area contributed by atoms with Gasteiger partial charge in [-0.25, -0.2) is 4.98 Å². The summed E-state index contributed by atoms with van der Waals surface area (Å²) in [7, 11) is 1.59. The highest BCUT2D eigenvalue weighted by Gasteiger charge is 2.43. The average molecular weight is 274 g/mol. The molecule has 1 unspecified atom stereocenters. The van der Waals surface area contributed by atoms with Crippen LogP contribution in [0.15, 0.2) is 22.9 Å². The number of nitrogens with two attached hydrogens (primary N) is 1. The van der Waals surface area contributed by atoms with Gasteiger partial charge in [-0.05, 0) is 31.2 Å². The summed E-state index contributed by atoms with van der Waals surface area (Å²) >= 11 is 0. The second-order valence-electron chi connectivity index (χ2n) is 5.46. The molecule has 3 rings (SSSR count). The molecule has 0 amide bonds. The molecule has 0 saturated heterocycles. The van der Waals surface area contributed by atoms with Gasteiger partial charge < -0.3 is 15.0 Å². The van der Waals surface area contributed by atoms with Crippen LogP contribution in [0.4, 0.5) is 0 Å². The Labute approximate surface area is 117 Å². The topological polar surface area (TPSA) is 87.1 Å². The average Bonchev–Trinajstić information content (AvgIpc) is 3.21. The van der Waals surface area contributed by atoms with Gasteiger partial charge in [0.25, 0.3) is 0 Å². The second-order valence-corrected chi connectivity index (χ2v) is 5.46. The minimum absolute atomic E-state index is 0.457. The fraction of sp³-hybridized carbons (Fsp3) is 0.500. The molecule has 2 N–H and O–H groups in total. The summed E-state index contributed by atoms with van der Waals surface area (Å²) in [6.45, 7) is 1.96. The van der Waals surface area contributed by atoms with E-state index < -0.39 is 5.54 Å². The van der Waals surface area contributed by atoms with Gasteiger partial charge in [-0.1, -0.05) is 11.2 Å². The Morgan fingerprint density at radius 1 is 1.45 bits per heavy atom. The van der Waals surface area contributed by atoms with Crippen LogP contribution in [-0.2, 0) is 12.0 Å². The minimum atomic E-state index is -0.511. The third-order valence-electron chi connectivity index (χ3n) is 3.72. The smallest absolute Gasteiger partial charge is 0.246 e. The summed E-state index contributed by atoms with van der Waals surface area (Å²) in [6, 6.07) is 3.75. The van der Waals surface area contributed by atoms with Crippen molar-refractivity contribution in [1.29, 1.82) is 0 Å². The molecule has 0 aliphatic heterocycles. The molecular formula is C14H18N4O2. The first-order chi connectivity index (χ1) is 9.59. The summed E-state index contributed by atoms with van der Waals surface area (Å²) in [5.74, 6) is 2.20. The van der Waals surface area contributed by atoms with Crippen molar-refractivity contribution < 1.29 is 9.26 Å². The fourth-order valence-corrected chi connectivity index (χ4v) is 2.22. The van der Waals surface area contributed by atoms with Gasteiger partial charge in [-0.3, -0.25) is 0 Å². The van der Waals surface area contributed by atoms with Crippen LogP contribution in [0.3, 0.4) is 0 Å². The maximum atomic E-state index is 6.26. The number of nitrogens with zero attached hydrogens (tertiary/aromatic N) is 3. The van der Waals surface area contributed by atoms with E-state index in [0.29, 0.717) is 29.9 Å². The number of methoxy groups -OCH3 is 1. The first-order valence-electron chi connectivity index (χ1n) is 6.70. The molecule has 0 aromatic carbocycles. The lowest BCUT2D eigenvalue weighted by atomic mass is 9.97. The molecule has 1 atom stereocenters. The second kappa shape index (κ2) is 4.86. The number of hydrogen-bond donors (Lipinski definition) is 1. The van der Waals surface area contributed by atoms with E-state index in [1.807, 2.05) is 19.1 Å². The molecule has 1 aliphatic carbocycles. The highest BCUT2D eigenvalue weighted by atomic mass is 16.5. The third-order valence-corrected chi connectivity index (χ3v) is 3.72. The largest absolute Gasteiger partial charge is 0.481 e. The molecule has 106 valence electrons. The van der Waals surface area contributed by atoms with Gasteiger partial charge in [0.05, 0.1) is 12.6 Å². The van der Waals surface area contributed by atoms with Crippen molar-refractivity contribution >= 4 is 0 Å². The zero-order valence-corrected chi connectivity index (χ0v) is 11.7. The van der Waals surface area contributed by atoms with E-state index in [-0.39, 0.29) is 0 Å². The quantitative estimate of drug-likeness (QED) is 0.892. The number of pyridine rings is 1. The molecule has 2 heterocycles. The van der Waals surface area contributed by atoms with Gasteiger partial charge in [0.15, 0.2) is 5.82 Å². The Hall–Kier alpha value is -1.95. The number of aromatic nitrogens is 3. The molecule has 6 nitrogen and oxygen atoms in total. The molecule has 2 aromatic rings. The van der Waals surface area contributed by atoms with Crippen molar-refractivity contribution in [2.75, 3.05) is 7.11 Å². The Morgan fingerprint density at radius 3 is 2.85 bits per heavy atom. The Kier molecular flexibility index (Phi) is 3.17. The summed E-state index contributed by atoms with van der Waals surface area (Å²) in [6.07, 6.45) is 4.58. The lowest BCUT2D eigenvalue weighted by Crippen LogP contribution is -2.35. The molecule has 6 heteroatoms. The van der Waals surface area contributed by atoms with E-state index in [2.05, 4.69) is 15.1 Å². The van der Waals surface area contributed by atoms with Crippen LogP contribution in [0, 0.1) is 5.92 Å². The monoisotopic (exact) mass is 274 g/mol. The van der Waals surface area contributed by atoms with Crippen LogP contribution >= 0.6 is 0 Å². The maximum absolute atomic E-state index is 6.26. The predicted octanol–water partition coefficient (Wildman–Crippen LogP) is 1.65. The predicted molar refractivity (Wildman–Crippen MR) is 72.2 cm³/mol. The molecule has 0 spiro atoms. The maximum Gasteiger partial charge on any atom is 0.246 e. The zero-order valence-electron chi connectivity index (χ0n) is 11.7. The van der Waals surface area contributed by atoms with Crippen LogP contribution in [-0.4, -0.2) is 22.2 Å². The van der Waals surface area contributed by atoms with Gasteiger partial charge >= 0.3 is 0 Å². The molecule has 1 saturated carbocycles. The molecule has 20 heavy (non-hydrogen) atoms. The lowest BCUT2D eigenvalue weighted by Gasteiger charge is -2.18. The first kappa shape index (κ1) is 13.1. The number of rotatable bonds is 5. The lowest BCUT2D eigenvalue weighted by molar-refractivity contribution is 0.272. The van der Waals surface area contributed by atoms with E-state index in [1.54, 1.807) is 13.3 Å². The molecule has 2 aromatic heterocycles. The summed E-state index contributed by atoms with van der Waals surface area (Å²) in [5.41, 5.74) is 6.76. The third kappa shape index (κ3) is 2.51. The van der Waals surface area contributed by atoms with E-state index >= 15 is 0 Å². The summed E-state index contributed by atoms with van der Waals surface area (Å²) in [5, 5.41) is 4.01. The standard InChI is InChI=1S/C14H18N4O2/c1-14(15,10-4-5-10)13-17-11(18-20-13)7-9-3-6-12(19-2)16-8-9/h3,6,8,10H,4-5,7,15H2,1-2H3. The Morgan fingerprint density at radius 2 is 2.25 bits per heavy atom. The normalized spacial score (nSPS) is 17.8. The van der Waals surface area contributed by atoms with Gasteiger partial charge in [-0.2, -0.15) is 4.98 Å². The first-order valence-corrected chi connectivity index (χ1v) is 6.70. The van der Waals surface area contributed by atoms with Crippen molar-refractivity contribution in [2.24, 2.45) is 11.7 Å². The molecule has 1 fully saturated rings. The van der Waals surface area contributed by atoms with Crippen molar-refractivity contribution in [2.45, 2.75) is 31.7 Å². The minimum Gasteiger partial charge on any atom is -0.481 e. The van der Waals surface area contributed by atoms with Gasteiger partial charge in [0.2, 0.25) is 11.8 Å². The number of ether oxygens (including phenoxy) is 1. The highest BCUT2D eigenvalue weighted by Crippen LogP contribution is 2.43. The Balaban J connectivity index is 1.73. The van der Waals surface area contributed by atoms with E-state index in [4.69, 9.17) is 15.0 Å². The highest BCUT2D eigenvalue weighted by molar-refractivity contribution is 5.20. The van der Waals surface area contributed by atoms with E-state index in [1.165, 1.54) is 0 Å². The van der Waals surface area contributed by atoms with Crippen LogP contribution in [0.1, 0.15) is 37.0 Å². The van der Waals surface area contributed by atoms with Crippen LogP contribution in [0.25, 0.3) is 0 Å². The number of hydrogen-bond acceptors (Lipinski definition) is 6. The van der Waals surface area contributed by atoms with Crippen LogP contribution in [0.2, 0.25) is 0 Å². The fourth-order valence-electron chi connectivity index (χ4n) is 2.22. The molecule has 1 aliphatic rings. The van der Waals surface area contributed by atoms with Gasteiger partial charge in [0.1, 0.15) is 0 Å². The summed E-state index contributed by atoms with van der Waals surface area (Å²) < 4.78 is 10.3. The van der Waals surface area contributed by atoms with E-state index in [0.717, 1.165) is 18.4 Å². The molecule has 0 bridgehead atoms. The Bertz CT molecular complexity index is 587.